The van der Waals surface area contributed by atoms with Gasteiger partial charge in [-0.05, 0) is 30.5 Å². The van der Waals surface area contributed by atoms with E-state index < -0.39 is 5.56 Å². The van der Waals surface area contributed by atoms with Crippen LogP contribution in [0.2, 0.25) is 5.02 Å². The molecule has 1 aromatic heterocycles. The maximum atomic E-state index is 12.2. The molecule has 0 amide bonds. The van der Waals surface area contributed by atoms with Gasteiger partial charge >= 0.3 is 0 Å². The second-order valence-corrected chi connectivity index (χ2v) is 7.17. The standard InChI is InChI=1S/C20H16ClN3OS/c21-16-10-8-15(9-11-16)18-17(13-22)19(25)24-20(23-18)26-12-4-7-14-5-2-1-3-6-14/h1-3,5-6,8-11H,4,7,12H2,(H,23,24,25). The van der Waals surface area contributed by atoms with Gasteiger partial charge in [0.1, 0.15) is 11.6 Å². The van der Waals surface area contributed by atoms with E-state index in [4.69, 9.17) is 11.6 Å². The van der Waals surface area contributed by atoms with E-state index in [2.05, 4.69) is 22.1 Å². The summed E-state index contributed by atoms with van der Waals surface area (Å²) in [5, 5.41) is 10.4. The van der Waals surface area contributed by atoms with Crippen molar-refractivity contribution in [2.24, 2.45) is 0 Å². The Morgan fingerprint density at radius 3 is 2.54 bits per heavy atom. The molecular weight excluding hydrogens is 366 g/mol. The number of nitrogens with one attached hydrogen (secondary N) is 1. The van der Waals surface area contributed by atoms with Crippen LogP contribution in [0.4, 0.5) is 0 Å². The van der Waals surface area contributed by atoms with Crippen LogP contribution in [0.1, 0.15) is 17.5 Å². The molecule has 0 fully saturated rings. The topological polar surface area (TPSA) is 69.5 Å². The minimum Gasteiger partial charge on any atom is -0.300 e. The molecule has 0 unspecified atom stereocenters. The minimum atomic E-state index is -0.419. The number of thioether (sulfide) groups is 1. The first kappa shape index (κ1) is 18.2. The first-order valence-corrected chi connectivity index (χ1v) is 9.51. The molecule has 0 aliphatic heterocycles. The fourth-order valence-electron chi connectivity index (χ4n) is 2.53. The van der Waals surface area contributed by atoms with Crippen molar-refractivity contribution in [1.82, 2.24) is 9.97 Å². The highest BCUT2D eigenvalue weighted by molar-refractivity contribution is 7.99. The number of benzene rings is 2. The highest BCUT2D eigenvalue weighted by Crippen LogP contribution is 2.24. The molecule has 0 aliphatic carbocycles. The third-order valence-electron chi connectivity index (χ3n) is 3.82. The van der Waals surface area contributed by atoms with Crippen LogP contribution in [0.15, 0.2) is 64.5 Å². The Morgan fingerprint density at radius 2 is 1.85 bits per heavy atom. The van der Waals surface area contributed by atoms with Crippen LogP contribution in [0.25, 0.3) is 11.3 Å². The zero-order chi connectivity index (χ0) is 18.4. The number of halogens is 1. The molecule has 4 nitrogen and oxygen atoms in total. The molecule has 1 N–H and O–H groups in total. The maximum Gasteiger partial charge on any atom is 0.270 e. The van der Waals surface area contributed by atoms with E-state index in [1.165, 1.54) is 17.3 Å². The lowest BCUT2D eigenvalue weighted by Gasteiger charge is -2.07. The Hall–Kier alpha value is -2.55. The smallest absolute Gasteiger partial charge is 0.270 e. The van der Waals surface area contributed by atoms with Crippen molar-refractivity contribution in [2.45, 2.75) is 18.0 Å². The molecule has 2 aromatic carbocycles. The van der Waals surface area contributed by atoms with Gasteiger partial charge in [-0.15, -0.1) is 0 Å². The number of H-pyrrole nitrogens is 1. The normalized spacial score (nSPS) is 10.5. The van der Waals surface area contributed by atoms with Gasteiger partial charge in [0.15, 0.2) is 5.16 Å². The van der Waals surface area contributed by atoms with Gasteiger partial charge in [-0.2, -0.15) is 5.26 Å². The maximum absolute atomic E-state index is 12.2. The molecule has 0 saturated carbocycles. The van der Waals surface area contributed by atoms with E-state index in [1.54, 1.807) is 24.3 Å². The van der Waals surface area contributed by atoms with E-state index in [9.17, 15) is 10.1 Å². The van der Waals surface area contributed by atoms with Gasteiger partial charge in [0.2, 0.25) is 0 Å². The fourth-order valence-corrected chi connectivity index (χ4v) is 3.46. The Morgan fingerprint density at radius 1 is 1.12 bits per heavy atom. The largest absolute Gasteiger partial charge is 0.300 e. The van der Waals surface area contributed by atoms with Gasteiger partial charge in [-0.3, -0.25) is 4.79 Å². The van der Waals surface area contributed by atoms with Crippen LogP contribution in [0.5, 0.6) is 0 Å². The van der Waals surface area contributed by atoms with Gasteiger partial charge in [0, 0.05) is 16.3 Å². The number of hydrogen-bond acceptors (Lipinski definition) is 4. The van der Waals surface area contributed by atoms with Crippen molar-refractivity contribution in [2.75, 3.05) is 5.75 Å². The van der Waals surface area contributed by atoms with Gasteiger partial charge in [0.05, 0.1) is 5.69 Å². The number of aromatic nitrogens is 2. The second kappa shape index (κ2) is 8.70. The number of nitriles is 1. The summed E-state index contributed by atoms with van der Waals surface area (Å²) in [6.45, 7) is 0. The van der Waals surface area contributed by atoms with Crippen molar-refractivity contribution >= 4 is 23.4 Å². The lowest BCUT2D eigenvalue weighted by Crippen LogP contribution is -2.14. The van der Waals surface area contributed by atoms with Crippen molar-refractivity contribution < 1.29 is 0 Å². The van der Waals surface area contributed by atoms with Crippen LogP contribution in [-0.2, 0) is 6.42 Å². The molecule has 0 atom stereocenters. The van der Waals surface area contributed by atoms with Crippen LogP contribution in [-0.4, -0.2) is 15.7 Å². The summed E-state index contributed by atoms with van der Waals surface area (Å²) in [6, 6.07) is 19.2. The van der Waals surface area contributed by atoms with E-state index in [-0.39, 0.29) is 5.56 Å². The zero-order valence-corrected chi connectivity index (χ0v) is 15.5. The highest BCUT2D eigenvalue weighted by atomic mass is 35.5. The Bertz CT molecular complexity index is 979. The van der Waals surface area contributed by atoms with Gasteiger partial charge in [-0.1, -0.05) is 65.8 Å². The number of rotatable bonds is 6. The van der Waals surface area contributed by atoms with Crippen LogP contribution < -0.4 is 5.56 Å². The molecule has 6 heteroatoms. The average Bonchev–Trinajstić information content (AvgIpc) is 2.66. The second-order valence-electron chi connectivity index (χ2n) is 5.65. The Kier molecular flexibility index (Phi) is 6.11. The molecule has 26 heavy (non-hydrogen) atoms. The molecule has 3 aromatic rings. The zero-order valence-electron chi connectivity index (χ0n) is 13.9. The number of nitrogens with zero attached hydrogens (tertiary/aromatic N) is 2. The van der Waals surface area contributed by atoms with Crippen molar-refractivity contribution in [3.05, 3.63) is 81.1 Å². The average molecular weight is 382 g/mol. The summed E-state index contributed by atoms with van der Waals surface area (Å²) >= 11 is 7.40. The molecule has 1 heterocycles. The lowest BCUT2D eigenvalue weighted by atomic mass is 10.1. The van der Waals surface area contributed by atoms with Crippen LogP contribution in [0, 0.1) is 11.3 Å². The molecule has 0 spiro atoms. The minimum absolute atomic E-state index is 0.0148. The molecule has 0 radical (unpaired) electrons. The van der Waals surface area contributed by atoms with E-state index >= 15 is 0 Å². The van der Waals surface area contributed by atoms with Crippen molar-refractivity contribution in [3.8, 4) is 17.3 Å². The first-order chi connectivity index (χ1) is 12.7. The quantitative estimate of drug-likeness (QED) is 0.382. The van der Waals surface area contributed by atoms with Crippen LogP contribution >= 0.6 is 23.4 Å². The molecule has 3 rings (SSSR count). The van der Waals surface area contributed by atoms with E-state index in [0.717, 1.165) is 18.6 Å². The van der Waals surface area contributed by atoms with Gasteiger partial charge in [-0.25, -0.2) is 4.98 Å². The van der Waals surface area contributed by atoms with Gasteiger partial charge < -0.3 is 4.98 Å². The number of aromatic amines is 1. The molecule has 0 saturated heterocycles. The summed E-state index contributed by atoms with van der Waals surface area (Å²) < 4.78 is 0. The third-order valence-corrected chi connectivity index (χ3v) is 5.03. The van der Waals surface area contributed by atoms with E-state index in [0.29, 0.717) is 21.4 Å². The summed E-state index contributed by atoms with van der Waals surface area (Å²) in [5.74, 6) is 0.823. The fraction of sp³-hybridized carbons (Fsp3) is 0.150. The van der Waals surface area contributed by atoms with Gasteiger partial charge in [0.25, 0.3) is 5.56 Å². The Balaban J connectivity index is 1.75. The SMILES string of the molecule is N#Cc1c(-c2ccc(Cl)cc2)nc(SCCCc2ccccc2)[nH]c1=O. The summed E-state index contributed by atoms with van der Waals surface area (Å²) in [6.07, 6.45) is 1.94. The van der Waals surface area contributed by atoms with Crippen LogP contribution in [0.3, 0.4) is 0 Å². The monoisotopic (exact) mass is 381 g/mol. The highest BCUT2D eigenvalue weighted by Gasteiger charge is 2.13. The molecule has 130 valence electrons. The number of aryl methyl sites for hydroxylation is 1. The third kappa shape index (κ3) is 4.54. The van der Waals surface area contributed by atoms with Crippen molar-refractivity contribution in [3.63, 3.8) is 0 Å². The Labute approximate surface area is 160 Å². The molecular formula is C20H16ClN3OS. The predicted octanol–water partition coefficient (Wildman–Crippen LogP) is 4.69. The lowest BCUT2D eigenvalue weighted by molar-refractivity contribution is 0.908. The van der Waals surface area contributed by atoms with Crippen molar-refractivity contribution in [1.29, 1.82) is 5.26 Å². The van der Waals surface area contributed by atoms with E-state index in [1.807, 2.05) is 24.3 Å². The summed E-state index contributed by atoms with van der Waals surface area (Å²) in [7, 11) is 0. The predicted molar refractivity (Wildman–Crippen MR) is 106 cm³/mol. The summed E-state index contributed by atoms with van der Waals surface area (Å²) in [4.78, 5) is 19.4. The first-order valence-electron chi connectivity index (χ1n) is 8.14. The summed E-state index contributed by atoms with van der Waals surface area (Å²) in [5.41, 5.74) is 1.97. The number of hydrogen-bond donors (Lipinski definition) is 1. The molecule has 0 aliphatic rings. The molecule has 0 bridgehead atoms.